The number of nitriles is 8. The number of nitro benzene ring substituents is 3. The summed E-state index contributed by atoms with van der Waals surface area (Å²) < 4.78 is 7.43. The van der Waals surface area contributed by atoms with Crippen molar-refractivity contribution in [3.05, 3.63) is 205 Å². The van der Waals surface area contributed by atoms with Crippen LogP contribution in [0.2, 0.25) is 0 Å². The predicted molar refractivity (Wildman–Crippen MR) is 413 cm³/mol. The molecular formula is C71H49BrN12O21S6. The van der Waals surface area contributed by atoms with E-state index in [1.165, 1.54) is 52.2 Å². The van der Waals surface area contributed by atoms with Gasteiger partial charge in [-0.3, -0.25) is 35.1 Å². The largest absolute Gasteiger partial charge is 0.504 e. The molecule has 0 bridgehead atoms. The maximum absolute atomic E-state index is 12.2. The molecule has 0 aliphatic heterocycles. The molecule has 111 heavy (non-hydrogen) atoms. The van der Waals surface area contributed by atoms with Crippen LogP contribution >= 0.6 is 84.0 Å². The van der Waals surface area contributed by atoms with Gasteiger partial charge in [-0.2, -0.15) is 42.1 Å². The SMILES string of the molecule is CCC(CC)C(=O)/C(C#N)=C/c1cc(O)c(O)c([N+](=O)[O-])c1.Cc1c(C(=O)O)sc2c(Br)csc12.Cc1c(C(=O)O)sc2ccsc12.N#CC(C#N)=C(N)/C(C#N)=C/c1cc(O)c(O)c(O)c1.N#CC(C#N)=Cc1cc(O)c(O)c([N+](=O)[O-])c1.N#CC(C#N)=Cc1ccc([N+](=O)[O-])c(O)c1.O=C(O)c1cc2sccc2s1. The summed E-state index contributed by atoms with van der Waals surface area (Å²) in [6.07, 6.45) is 5.77. The molecule has 0 fully saturated rings. The van der Waals surface area contributed by atoms with Gasteiger partial charge in [-0.25, -0.2) is 14.4 Å². The summed E-state index contributed by atoms with van der Waals surface area (Å²) in [6, 6.07) is 28.3. The number of nitro groups is 3. The molecule has 10 rings (SSSR count). The Hall–Kier alpha value is -14.6. The third-order valence-corrected chi connectivity index (χ3v) is 22.3. The van der Waals surface area contributed by atoms with Crippen molar-refractivity contribution in [1.82, 2.24) is 0 Å². The molecule has 13 N–H and O–H groups in total. The molecule has 40 heteroatoms. The molecule has 0 radical (unpaired) electrons. The quantitative estimate of drug-likeness (QED) is 0.0113. The van der Waals surface area contributed by atoms with Crippen LogP contribution in [0.5, 0.6) is 46.0 Å². The predicted octanol–water partition coefficient (Wildman–Crippen LogP) is 16.4. The second kappa shape index (κ2) is 41.4. The third-order valence-electron chi connectivity index (χ3n) is 14.1. The lowest BCUT2D eigenvalue weighted by molar-refractivity contribution is -0.386. The van der Waals surface area contributed by atoms with Crippen molar-refractivity contribution >= 4 is 177 Å². The highest BCUT2D eigenvalue weighted by atomic mass is 79.9. The van der Waals surface area contributed by atoms with E-state index in [0.29, 0.717) is 33.0 Å². The number of aromatic carboxylic acids is 3. The number of allylic oxidation sites excluding steroid dienone is 5. The monoisotopic (exact) mass is 1680 g/mol. The van der Waals surface area contributed by atoms with Crippen molar-refractivity contribution in [3.63, 3.8) is 0 Å². The Labute approximate surface area is 657 Å². The first kappa shape index (κ1) is 88.8. The molecule has 10 aromatic rings. The number of hydrogen-bond donors (Lipinski definition) is 12. The second-order valence-corrected chi connectivity index (χ2v) is 27.9. The fourth-order valence-corrected chi connectivity index (χ4v) is 15.9. The number of hydrogen-bond acceptors (Lipinski definition) is 33. The number of phenolic OH excluding ortho intramolecular Hbond substituents is 8. The summed E-state index contributed by atoms with van der Waals surface area (Å²) >= 11 is 12.1. The highest BCUT2D eigenvalue weighted by molar-refractivity contribution is 9.10. The van der Waals surface area contributed by atoms with Crippen molar-refractivity contribution in [3.8, 4) is 94.5 Å². The zero-order chi connectivity index (χ0) is 83.4. The van der Waals surface area contributed by atoms with Crippen molar-refractivity contribution in [1.29, 1.82) is 42.1 Å². The molecule has 6 aromatic heterocycles. The molecule has 0 amide bonds. The van der Waals surface area contributed by atoms with E-state index in [0.717, 1.165) is 104 Å². The number of carbonyl (C=O) groups is 4. The third kappa shape index (κ3) is 23.7. The normalized spacial score (nSPS) is 10.1. The maximum Gasteiger partial charge on any atom is 0.346 e. The van der Waals surface area contributed by atoms with Crippen molar-refractivity contribution in [2.75, 3.05) is 0 Å². The minimum atomic E-state index is -0.884. The van der Waals surface area contributed by atoms with Gasteiger partial charge in [0, 0.05) is 52.8 Å². The summed E-state index contributed by atoms with van der Waals surface area (Å²) in [6.45, 7) is 7.38. The molecule has 6 heterocycles. The number of halogens is 1. The van der Waals surface area contributed by atoms with Gasteiger partial charge >= 0.3 is 35.0 Å². The van der Waals surface area contributed by atoms with E-state index in [2.05, 4.69) is 15.9 Å². The molecule has 0 spiro atoms. The average Bonchev–Trinajstić information content (AvgIpc) is 1.64. The minimum absolute atomic E-state index is 0.0742. The Morgan fingerprint density at radius 1 is 0.477 bits per heavy atom. The smallest absolute Gasteiger partial charge is 0.346 e. The lowest BCUT2D eigenvalue weighted by Crippen LogP contribution is -2.14. The van der Waals surface area contributed by atoms with Gasteiger partial charge in [0.25, 0.3) is 0 Å². The molecule has 0 aliphatic rings. The summed E-state index contributed by atoms with van der Waals surface area (Å²) in [5, 5.41) is 208. The Bertz CT molecular complexity index is 5780. The van der Waals surface area contributed by atoms with Gasteiger partial charge in [0.2, 0.25) is 11.5 Å². The van der Waals surface area contributed by atoms with Gasteiger partial charge in [-0.15, -0.1) is 68.0 Å². The van der Waals surface area contributed by atoms with Crippen LogP contribution in [0.15, 0.2) is 127 Å². The summed E-state index contributed by atoms with van der Waals surface area (Å²) in [7, 11) is 0. The van der Waals surface area contributed by atoms with Gasteiger partial charge < -0.3 is 61.9 Å². The Morgan fingerprint density at radius 3 is 1.33 bits per heavy atom. The van der Waals surface area contributed by atoms with Crippen molar-refractivity contribution in [2.24, 2.45) is 11.7 Å². The zero-order valence-electron chi connectivity index (χ0n) is 56.8. The number of carbonyl (C=O) groups excluding carboxylic acids is 1. The lowest BCUT2D eigenvalue weighted by Gasteiger charge is -2.09. The number of carboxylic acids is 3. The first-order valence-electron chi connectivity index (χ1n) is 30.0. The summed E-state index contributed by atoms with van der Waals surface area (Å²) in [5.41, 5.74) is 4.66. The molecule has 0 saturated heterocycles. The average molecular weight is 1680 g/mol. The second-order valence-electron chi connectivity index (χ2n) is 21.2. The highest BCUT2D eigenvalue weighted by Crippen LogP contribution is 2.42. The summed E-state index contributed by atoms with van der Waals surface area (Å²) in [4.78, 5) is 74.8. The lowest BCUT2D eigenvalue weighted by atomic mass is 9.92. The number of ketones is 1. The Balaban J connectivity index is 0.000000276. The molecule has 33 nitrogen and oxygen atoms in total. The fraction of sp³-hybridized carbons (Fsp3) is 0.0986. The number of aryl methyl sites for hydroxylation is 2. The molecule has 4 aromatic carbocycles. The Kier molecular flexibility index (Phi) is 33.1. The van der Waals surface area contributed by atoms with Crippen LogP contribution in [0, 0.1) is 141 Å². The Morgan fingerprint density at radius 2 is 0.910 bits per heavy atom. The van der Waals surface area contributed by atoms with Crippen molar-refractivity contribution < 1.29 is 90.1 Å². The molecule has 562 valence electrons. The maximum atomic E-state index is 12.2. The van der Waals surface area contributed by atoms with Crippen LogP contribution in [-0.2, 0) is 4.79 Å². The first-order valence-corrected chi connectivity index (χ1v) is 35.9. The van der Waals surface area contributed by atoms with Gasteiger partial charge in [-0.1, -0.05) is 13.8 Å². The first-order chi connectivity index (χ1) is 52.4. The number of benzene rings is 4. The highest BCUT2D eigenvalue weighted by Gasteiger charge is 2.24. The number of nitrogens with two attached hydrogens (primary N) is 1. The van der Waals surface area contributed by atoms with E-state index < -0.39 is 101 Å². The van der Waals surface area contributed by atoms with Crippen LogP contribution in [0.25, 0.3) is 52.5 Å². The van der Waals surface area contributed by atoms with Gasteiger partial charge in [-0.05, 0) is 166 Å². The minimum Gasteiger partial charge on any atom is -0.504 e. The van der Waals surface area contributed by atoms with Crippen LogP contribution in [0.1, 0.15) is 89.1 Å². The van der Waals surface area contributed by atoms with E-state index >= 15 is 0 Å². The van der Waals surface area contributed by atoms with Gasteiger partial charge in [0.15, 0.2) is 45.9 Å². The molecule has 0 unspecified atom stereocenters. The van der Waals surface area contributed by atoms with E-state index in [1.54, 1.807) is 88.6 Å². The topological polar surface area (TPSA) is 637 Å². The zero-order valence-corrected chi connectivity index (χ0v) is 63.3. The molecule has 0 aliphatic carbocycles. The van der Waals surface area contributed by atoms with E-state index in [1.807, 2.05) is 56.0 Å². The number of Topliss-reactive ketones (excluding diaryl/α,β-unsaturated/α-hetero) is 1. The van der Waals surface area contributed by atoms with Crippen LogP contribution in [0.4, 0.5) is 17.1 Å². The molecule has 0 saturated carbocycles. The van der Waals surface area contributed by atoms with E-state index in [9.17, 15) is 90.4 Å². The molecular weight excluding hydrogens is 1630 g/mol. The van der Waals surface area contributed by atoms with Crippen LogP contribution in [-0.4, -0.2) is 94.6 Å². The van der Waals surface area contributed by atoms with E-state index in [4.69, 9.17) is 63.1 Å². The number of rotatable bonds is 15. The van der Waals surface area contributed by atoms with Crippen LogP contribution < -0.4 is 5.73 Å². The van der Waals surface area contributed by atoms with Crippen LogP contribution in [0.3, 0.4) is 0 Å². The molecule has 0 atom stereocenters. The number of nitrogens with zero attached hydrogens (tertiary/aromatic N) is 11. The van der Waals surface area contributed by atoms with Crippen molar-refractivity contribution in [2.45, 2.75) is 40.5 Å². The number of phenols is 8. The number of thiophene rings is 6. The fourth-order valence-electron chi connectivity index (χ4n) is 8.70. The van der Waals surface area contributed by atoms with E-state index in [-0.39, 0.29) is 56.4 Å². The number of aromatic hydroxyl groups is 8. The number of fused-ring (bicyclic) bond motifs is 3. The van der Waals surface area contributed by atoms with Gasteiger partial charge in [0.05, 0.1) is 41.0 Å². The van der Waals surface area contributed by atoms with Gasteiger partial charge in [0.1, 0.15) is 74.3 Å². The number of carboxylic acid groups (broad SMARTS) is 3. The standard InChI is InChI=1S/C15H16N2O5.C13H8N4O3.C10H5N3O4.C10H5N3O3.C8H5BrO2S2.C8H6O2S2.C7H4O2S2/c1-3-10(4-2)14(19)11(8-16)5-9-6-12(17(21)22)15(20)13(18)7-9;14-4-8(12(17)9(5-15)6-16)1-7-2-10(18)13(20)11(19)3-7;11-4-7(5-12)1-6-2-8(13(16)17)10(15)9(14)3-6;11-5-8(6-12)3-7-1-2-9(13(15)16)10(14)4-7;1-3-5-7(4(9)2-12-5)13-6(3)8(10)11;1-4-6-5(2-3-11-6)12-7(4)8(9)10;8-7(9)6-3-5-4(11-6)1-2-10-5/h5-7,10,18,20H,3-4H2,1-2H3;1-3,18-20H,17H2;1-3,14-15H;1-4,14H;2H,1H3,(H,10,11);2-3H,1H3,(H,9,10);1-3H,(H,8,9)/b11-5+;8-1+;;;;;. The summed E-state index contributed by atoms with van der Waals surface area (Å²) in [5.74, 6) is -8.60.